The number of nitrogens with zero attached hydrogens (tertiary/aromatic N) is 1. The largest absolute Gasteiger partial charge is 0.303 e. The van der Waals surface area contributed by atoms with Gasteiger partial charge >= 0.3 is 0 Å². The molecule has 0 radical (unpaired) electrons. The first kappa shape index (κ1) is 12.7. The fourth-order valence-corrected chi connectivity index (χ4v) is 2.20. The molecule has 0 aliphatic heterocycles. The van der Waals surface area contributed by atoms with Crippen LogP contribution < -0.4 is 5.56 Å². The Labute approximate surface area is 114 Å². The third-order valence-corrected chi connectivity index (χ3v) is 2.92. The Hall–Kier alpha value is -1.79. The van der Waals surface area contributed by atoms with E-state index >= 15 is 0 Å². The molecule has 0 amide bonds. The molecule has 0 aliphatic rings. The van der Waals surface area contributed by atoms with Crippen molar-refractivity contribution in [3.63, 3.8) is 0 Å². The van der Waals surface area contributed by atoms with Crippen LogP contribution in [-0.4, -0.2) is 4.57 Å². The van der Waals surface area contributed by atoms with Crippen molar-refractivity contribution in [3.05, 3.63) is 68.5 Å². The highest BCUT2D eigenvalue weighted by Gasteiger charge is 1.99. The summed E-state index contributed by atoms with van der Waals surface area (Å²) in [6.07, 6.45) is 1.76. The van der Waals surface area contributed by atoms with E-state index in [9.17, 15) is 4.79 Å². The zero-order valence-corrected chi connectivity index (χ0v) is 11.6. The summed E-state index contributed by atoms with van der Waals surface area (Å²) >= 11 is 3.38. The van der Waals surface area contributed by atoms with Gasteiger partial charge in [-0.05, 0) is 41.1 Å². The molecule has 2 aromatic rings. The average molecular weight is 302 g/mol. The molecule has 0 aliphatic carbocycles. The summed E-state index contributed by atoms with van der Waals surface area (Å²) in [7, 11) is 0. The Morgan fingerprint density at radius 2 is 2.00 bits per heavy atom. The lowest BCUT2D eigenvalue weighted by Gasteiger charge is -2.02. The zero-order valence-electron chi connectivity index (χ0n) is 9.98. The van der Waals surface area contributed by atoms with Gasteiger partial charge in [0.25, 0.3) is 5.56 Å². The van der Waals surface area contributed by atoms with Crippen LogP contribution in [0.4, 0.5) is 0 Å². The van der Waals surface area contributed by atoms with E-state index < -0.39 is 0 Å². The van der Waals surface area contributed by atoms with Crippen molar-refractivity contribution in [2.75, 3.05) is 0 Å². The molecule has 1 aromatic carbocycles. The van der Waals surface area contributed by atoms with E-state index in [1.165, 1.54) is 0 Å². The minimum atomic E-state index is 0.000520. The summed E-state index contributed by atoms with van der Waals surface area (Å²) in [5.74, 6) is 6.04. The maximum Gasteiger partial charge on any atom is 0.254 e. The second kappa shape index (κ2) is 5.70. The summed E-state index contributed by atoms with van der Waals surface area (Å²) in [6.45, 7) is 2.20. The van der Waals surface area contributed by atoms with Crippen molar-refractivity contribution in [1.29, 1.82) is 0 Å². The lowest BCUT2D eigenvalue weighted by atomic mass is 10.2. The predicted molar refractivity (Wildman–Crippen MR) is 76.5 cm³/mol. The number of hydrogen-bond acceptors (Lipinski definition) is 1. The number of hydrogen-bond donors (Lipinski definition) is 0. The molecular weight excluding hydrogens is 290 g/mol. The number of aryl methyl sites for hydroxylation is 1. The zero-order chi connectivity index (χ0) is 13.0. The SMILES string of the molecule is Cc1cc(Br)cn(CC#Cc2ccccc2)c1=O. The Bertz CT molecular complexity index is 662. The van der Waals surface area contributed by atoms with E-state index in [1.807, 2.05) is 36.4 Å². The van der Waals surface area contributed by atoms with Crippen LogP contribution in [0.2, 0.25) is 0 Å². The summed E-state index contributed by atoms with van der Waals surface area (Å²) in [5.41, 5.74) is 1.67. The first-order chi connectivity index (χ1) is 8.66. The summed E-state index contributed by atoms with van der Waals surface area (Å²) in [5, 5.41) is 0. The van der Waals surface area contributed by atoms with Gasteiger partial charge in [0.15, 0.2) is 0 Å². The van der Waals surface area contributed by atoms with Crippen LogP contribution >= 0.6 is 15.9 Å². The maximum atomic E-state index is 11.8. The molecule has 0 saturated heterocycles. The van der Waals surface area contributed by atoms with E-state index in [0.717, 1.165) is 10.0 Å². The summed E-state index contributed by atoms with van der Waals surface area (Å²) < 4.78 is 2.50. The van der Waals surface area contributed by atoms with E-state index in [1.54, 1.807) is 17.7 Å². The van der Waals surface area contributed by atoms with Gasteiger partial charge in [-0.25, -0.2) is 0 Å². The van der Waals surface area contributed by atoms with E-state index in [-0.39, 0.29) is 5.56 Å². The van der Waals surface area contributed by atoms with Crippen LogP contribution in [0, 0.1) is 18.8 Å². The normalized spacial score (nSPS) is 9.67. The molecule has 1 aromatic heterocycles. The molecule has 3 heteroatoms. The van der Waals surface area contributed by atoms with Gasteiger partial charge in [0.1, 0.15) is 0 Å². The van der Waals surface area contributed by atoms with Crippen molar-refractivity contribution in [2.24, 2.45) is 0 Å². The van der Waals surface area contributed by atoms with Crippen molar-refractivity contribution in [2.45, 2.75) is 13.5 Å². The second-order valence-electron chi connectivity index (χ2n) is 3.94. The first-order valence-corrected chi connectivity index (χ1v) is 6.36. The molecule has 0 spiro atoms. The van der Waals surface area contributed by atoms with Crippen molar-refractivity contribution in [3.8, 4) is 11.8 Å². The molecular formula is C15H12BrNO. The molecule has 0 unspecified atom stereocenters. The van der Waals surface area contributed by atoms with Gasteiger partial charge in [0, 0.05) is 21.8 Å². The third kappa shape index (κ3) is 3.12. The minimum absolute atomic E-state index is 0.000520. The quantitative estimate of drug-likeness (QED) is 0.742. The number of benzene rings is 1. The number of rotatable bonds is 1. The summed E-state index contributed by atoms with van der Waals surface area (Å²) in [4.78, 5) is 11.8. The molecule has 0 fully saturated rings. The van der Waals surface area contributed by atoms with E-state index in [4.69, 9.17) is 0 Å². The van der Waals surface area contributed by atoms with Gasteiger partial charge in [-0.2, -0.15) is 0 Å². The van der Waals surface area contributed by atoms with E-state index in [2.05, 4.69) is 27.8 Å². The standard InChI is InChI=1S/C15H12BrNO/c1-12-10-14(16)11-17(15(12)18)9-5-8-13-6-3-2-4-7-13/h2-4,6-7,10-11H,9H2,1H3. The van der Waals surface area contributed by atoms with Gasteiger partial charge in [-0.15, -0.1) is 0 Å². The highest BCUT2D eigenvalue weighted by Crippen LogP contribution is 2.07. The summed E-state index contributed by atoms with van der Waals surface area (Å²) in [6, 6.07) is 11.5. The van der Waals surface area contributed by atoms with Crippen LogP contribution in [0.25, 0.3) is 0 Å². The molecule has 0 atom stereocenters. The van der Waals surface area contributed by atoms with Crippen LogP contribution in [0.1, 0.15) is 11.1 Å². The number of aromatic nitrogens is 1. The topological polar surface area (TPSA) is 22.0 Å². The fraction of sp³-hybridized carbons (Fsp3) is 0.133. The van der Waals surface area contributed by atoms with Crippen LogP contribution in [0.15, 0.2) is 51.9 Å². The molecule has 90 valence electrons. The maximum absolute atomic E-state index is 11.8. The van der Waals surface area contributed by atoms with Gasteiger partial charge in [-0.3, -0.25) is 4.79 Å². The van der Waals surface area contributed by atoms with Crippen LogP contribution in [0.3, 0.4) is 0 Å². The molecule has 2 nitrogen and oxygen atoms in total. The van der Waals surface area contributed by atoms with Gasteiger partial charge < -0.3 is 4.57 Å². The monoisotopic (exact) mass is 301 g/mol. The number of pyridine rings is 1. The molecule has 1 heterocycles. The first-order valence-electron chi connectivity index (χ1n) is 5.57. The average Bonchev–Trinajstić information content (AvgIpc) is 2.36. The lowest BCUT2D eigenvalue weighted by molar-refractivity contribution is 0.783. The smallest absolute Gasteiger partial charge is 0.254 e. The molecule has 2 rings (SSSR count). The number of halogens is 1. The van der Waals surface area contributed by atoms with Crippen molar-refractivity contribution >= 4 is 15.9 Å². The lowest BCUT2D eigenvalue weighted by Crippen LogP contribution is -2.21. The van der Waals surface area contributed by atoms with Gasteiger partial charge in [-0.1, -0.05) is 30.0 Å². The Kier molecular flexibility index (Phi) is 4.01. The Morgan fingerprint density at radius 1 is 1.28 bits per heavy atom. The molecule has 0 N–H and O–H groups in total. The Morgan fingerprint density at radius 3 is 2.72 bits per heavy atom. The highest BCUT2D eigenvalue weighted by molar-refractivity contribution is 9.10. The van der Waals surface area contributed by atoms with Gasteiger partial charge in [0.05, 0.1) is 6.54 Å². The highest BCUT2D eigenvalue weighted by atomic mass is 79.9. The second-order valence-corrected chi connectivity index (χ2v) is 4.86. The molecule has 18 heavy (non-hydrogen) atoms. The third-order valence-electron chi connectivity index (χ3n) is 2.49. The molecule has 0 saturated carbocycles. The predicted octanol–water partition coefficient (Wildman–Crippen LogP) is 2.97. The van der Waals surface area contributed by atoms with Gasteiger partial charge in [0.2, 0.25) is 0 Å². The molecule has 0 bridgehead atoms. The minimum Gasteiger partial charge on any atom is -0.303 e. The van der Waals surface area contributed by atoms with Crippen LogP contribution in [-0.2, 0) is 6.54 Å². The Balaban J connectivity index is 2.22. The van der Waals surface area contributed by atoms with Crippen molar-refractivity contribution in [1.82, 2.24) is 4.57 Å². The van der Waals surface area contributed by atoms with Crippen LogP contribution in [0.5, 0.6) is 0 Å². The van der Waals surface area contributed by atoms with Crippen molar-refractivity contribution < 1.29 is 0 Å². The van der Waals surface area contributed by atoms with E-state index in [0.29, 0.717) is 12.1 Å². The fourth-order valence-electron chi connectivity index (χ4n) is 1.61.